The fourth-order valence-electron chi connectivity index (χ4n) is 1.68. The highest BCUT2D eigenvalue weighted by molar-refractivity contribution is 7.81. The molecule has 0 fully saturated rings. The minimum absolute atomic E-state index is 0.0258. The summed E-state index contributed by atoms with van der Waals surface area (Å²) in [6.07, 6.45) is 0.538. The van der Waals surface area contributed by atoms with Gasteiger partial charge in [-0.2, -0.15) is 12.6 Å². The van der Waals surface area contributed by atoms with E-state index < -0.39 is 5.25 Å². The highest BCUT2D eigenvalue weighted by Crippen LogP contribution is 2.07. The van der Waals surface area contributed by atoms with E-state index in [1.54, 1.807) is 0 Å². The second kappa shape index (κ2) is 7.33. The smallest absolute Gasteiger partial charge is 0.239 e. The van der Waals surface area contributed by atoms with E-state index >= 15 is 0 Å². The lowest BCUT2D eigenvalue weighted by atomic mass is 10.1. The molecule has 5 heteroatoms. The number of amides is 2. The Kier molecular flexibility index (Phi) is 6.07. The molecule has 0 spiro atoms. The van der Waals surface area contributed by atoms with Crippen molar-refractivity contribution in [3.63, 3.8) is 0 Å². The highest BCUT2D eigenvalue weighted by Gasteiger charge is 2.17. The quantitative estimate of drug-likeness (QED) is 0.722. The summed E-state index contributed by atoms with van der Waals surface area (Å²) in [5.74, 6) is -0.438. The van der Waals surface area contributed by atoms with E-state index in [4.69, 9.17) is 0 Å². The van der Waals surface area contributed by atoms with Gasteiger partial charge in [-0.25, -0.2) is 0 Å². The predicted molar refractivity (Wildman–Crippen MR) is 83.8 cm³/mol. The van der Waals surface area contributed by atoms with Gasteiger partial charge in [0.15, 0.2) is 0 Å². The van der Waals surface area contributed by atoms with Crippen LogP contribution in [0.15, 0.2) is 30.3 Å². The van der Waals surface area contributed by atoms with Crippen LogP contribution in [-0.2, 0) is 16.0 Å². The third-order valence-corrected chi connectivity index (χ3v) is 2.93. The summed E-state index contributed by atoms with van der Waals surface area (Å²) in [5, 5.41) is 4.92. The van der Waals surface area contributed by atoms with Gasteiger partial charge in [-0.3, -0.25) is 9.59 Å². The minimum atomic E-state index is -0.458. The molecule has 2 N–H and O–H groups in total. The summed E-state index contributed by atoms with van der Waals surface area (Å²) < 4.78 is 0. The highest BCUT2D eigenvalue weighted by atomic mass is 32.1. The number of carbonyl (C=O) groups excluding carboxylic acids is 2. The van der Waals surface area contributed by atoms with Gasteiger partial charge in [0.25, 0.3) is 0 Å². The Labute approximate surface area is 125 Å². The van der Waals surface area contributed by atoms with E-state index in [1.165, 1.54) is 0 Å². The normalized spacial score (nSPS) is 12.6. The lowest BCUT2D eigenvalue weighted by Gasteiger charge is -2.21. The van der Waals surface area contributed by atoms with Crippen LogP contribution in [0.4, 0.5) is 0 Å². The summed E-state index contributed by atoms with van der Waals surface area (Å²) in [7, 11) is 0. The molecular weight excluding hydrogens is 272 g/mol. The Bertz CT molecular complexity index is 455. The van der Waals surface area contributed by atoms with Crippen LogP contribution in [0.2, 0.25) is 0 Å². The van der Waals surface area contributed by atoms with Crippen molar-refractivity contribution in [2.24, 2.45) is 0 Å². The van der Waals surface area contributed by atoms with Crippen molar-refractivity contribution in [1.82, 2.24) is 10.6 Å². The zero-order valence-electron chi connectivity index (χ0n) is 12.1. The van der Waals surface area contributed by atoms with Crippen LogP contribution < -0.4 is 10.6 Å². The molecule has 110 valence electrons. The lowest BCUT2D eigenvalue weighted by Crippen LogP contribution is -2.47. The molecule has 20 heavy (non-hydrogen) atoms. The van der Waals surface area contributed by atoms with Gasteiger partial charge in [-0.05, 0) is 32.8 Å². The van der Waals surface area contributed by atoms with E-state index in [1.807, 2.05) is 51.1 Å². The Morgan fingerprint density at radius 3 is 2.35 bits per heavy atom. The van der Waals surface area contributed by atoms with Crippen LogP contribution in [0, 0.1) is 0 Å². The van der Waals surface area contributed by atoms with E-state index in [9.17, 15) is 9.59 Å². The fraction of sp³-hybridized carbons (Fsp3) is 0.467. The van der Waals surface area contributed by atoms with Crippen molar-refractivity contribution >= 4 is 24.4 Å². The van der Waals surface area contributed by atoms with Crippen LogP contribution in [-0.4, -0.2) is 29.1 Å². The summed E-state index contributed by atoms with van der Waals surface area (Å²) in [6, 6.07) is 9.66. The zero-order chi connectivity index (χ0) is 15.2. The van der Waals surface area contributed by atoms with Crippen molar-refractivity contribution in [3.05, 3.63) is 35.9 Å². The molecule has 0 heterocycles. The van der Waals surface area contributed by atoms with E-state index in [0.717, 1.165) is 5.56 Å². The van der Waals surface area contributed by atoms with Crippen LogP contribution in [0.25, 0.3) is 0 Å². The van der Waals surface area contributed by atoms with Gasteiger partial charge in [0.1, 0.15) is 0 Å². The summed E-state index contributed by atoms with van der Waals surface area (Å²) in [6.45, 7) is 5.65. The molecule has 0 saturated heterocycles. The van der Waals surface area contributed by atoms with Crippen LogP contribution in [0.1, 0.15) is 26.3 Å². The Morgan fingerprint density at radius 2 is 1.80 bits per heavy atom. The first kappa shape index (κ1) is 16.6. The van der Waals surface area contributed by atoms with Gasteiger partial charge >= 0.3 is 0 Å². The average Bonchev–Trinajstić information content (AvgIpc) is 2.35. The van der Waals surface area contributed by atoms with Gasteiger partial charge in [-0.15, -0.1) is 0 Å². The topological polar surface area (TPSA) is 58.2 Å². The number of hydrogen-bond acceptors (Lipinski definition) is 3. The van der Waals surface area contributed by atoms with E-state index in [2.05, 4.69) is 23.3 Å². The molecule has 0 aliphatic rings. The summed E-state index contributed by atoms with van der Waals surface area (Å²) >= 11 is 4.28. The van der Waals surface area contributed by atoms with Crippen molar-refractivity contribution < 1.29 is 9.59 Å². The second-order valence-corrected chi connectivity index (χ2v) is 6.34. The molecule has 0 radical (unpaired) electrons. The number of thiol groups is 1. The Morgan fingerprint density at radius 1 is 1.20 bits per heavy atom. The maximum absolute atomic E-state index is 11.8. The molecule has 0 aliphatic carbocycles. The van der Waals surface area contributed by atoms with E-state index in [-0.39, 0.29) is 23.9 Å². The van der Waals surface area contributed by atoms with Crippen molar-refractivity contribution in [3.8, 4) is 0 Å². The first-order chi connectivity index (χ1) is 9.28. The van der Waals surface area contributed by atoms with Crippen LogP contribution >= 0.6 is 12.6 Å². The molecule has 1 aromatic carbocycles. The first-order valence-electron chi connectivity index (χ1n) is 6.58. The van der Waals surface area contributed by atoms with Crippen LogP contribution in [0.3, 0.4) is 0 Å². The molecule has 0 aromatic heterocycles. The maximum atomic E-state index is 11.8. The monoisotopic (exact) mass is 294 g/mol. The Hall–Kier alpha value is -1.49. The molecular formula is C15H22N2O2S. The number of nitrogens with one attached hydrogen (secondary N) is 2. The SMILES string of the molecule is CC(C)(C)NC(=O)CNC(=O)C(S)Cc1ccccc1. The molecule has 0 aliphatic heterocycles. The third-order valence-electron chi connectivity index (χ3n) is 2.51. The molecule has 1 atom stereocenters. The largest absolute Gasteiger partial charge is 0.350 e. The van der Waals surface area contributed by atoms with Gasteiger partial charge in [0, 0.05) is 5.54 Å². The lowest BCUT2D eigenvalue weighted by molar-refractivity contribution is -0.126. The number of benzene rings is 1. The van der Waals surface area contributed by atoms with E-state index in [0.29, 0.717) is 6.42 Å². The third kappa shape index (κ3) is 6.61. The molecule has 1 unspecified atom stereocenters. The fourth-order valence-corrected chi connectivity index (χ4v) is 1.98. The molecule has 2 amide bonds. The van der Waals surface area contributed by atoms with Gasteiger partial charge in [0.05, 0.1) is 11.8 Å². The first-order valence-corrected chi connectivity index (χ1v) is 7.10. The summed E-state index contributed by atoms with van der Waals surface area (Å²) in [4.78, 5) is 23.4. The summed E-state index contributed by atoms with van der Waals surface area (Å²) in [5.41, 5.74) is 0.744. The standard InChI is InChI=1S/C15H22N2O2S/c1-15(2,3)17-13(18)10-16-14(19)12(20)9-11-7-5-4-6-8-11/h4-8,12,20H,9-10H2,1-3H3,(H,16,19)(H,17,18). The van der Waals surface area contributed by atoms with Gasteiger partial charge < -0.3 is 10.6 Å². The van der Waals surface area contributed by atoms with Crippen molar-refractivity contribution in [2.75, 3.05) is 6.54 Å². The van der Waals surface area contributed by atoms with Crippen molar-refractivity contribution in [2.45, 2.75) is 38.0 Å². The zero-order valence-corrected chi connectivity index (χ0v) is 13.0. The molecule has 1 aromatic rings. The second-order valence-electron chi connectivity index (χ2n) is 5.72. The van der Waals surface area contributed by atoms with Crippen molar-refractivity contribution in [1.29, 1.82) is 0 Å². The van der Waals surface area contributed by atoms with Gasteiger partial charge in [0.2, 0.25) is 11.8 Å². The number of hydrogen-bond donors (Lipinski definition) is 3. The Balaban J connectivity index is 2.37. The number of rotatable bonds is 5. The predicted octanol–water partition coefficient (Wildman–Crippen LogP) is 1.56. The van der Waals surface area contributed by atoms with Crippen LogP contribution in [0.5, 0.6) is 0 Å². The minimum Gasteiger partial charge on any atom is -0.350 e. The molecule has 1 rings (SSSR count). The average molecular weight is 294 g/mol. The maximum Gasteiger partial charge on any atom is 0.239 e. The molecule has 0 saturated carbocycles. The number of carbonyl (C=O) groups is 2. The molecule has 0 bridgehead atoms. The van der Waals surface area contributed by atoms with Gasteiger partial charge in [-0.1, -0.05) is 30.3 Å². The molecule has 4 nitrogen and oxygen atoms in total.